The lowest BCUT2D eigenvalue weighted by Gasteiger charge is -2.35. The molecular formula is C15H23N5S. The molecule has 1 N–H and O–H groups in total. The molecule has 2 fully saturated rings. The molecule has 0 aromatic carbocycles. The van der Waals surface area contributed by atoms with Crippen molar-refractivity contribution in [2.24, 2.45) is 0 Å². The minimum atomic E-state index is 0.218. The molecule has 3 heterocycles. The van der Waals surface area contributed by atoms with Crippen molar-refractivity contribution >= 4 is 16.3 Å². The quantitative estimate of drug-likeness (QED) is 0.943. The molecule has 21 heavy (non-hydrogen) atoms. The predicted molar refractivity (Wildman–Crippen MR) is 83.9 cm³/mol. The van der Waals surface area contributed by atoms with Gasteiger partial charge in [0.2, 0.25) is 4.96 Å². The zero-order chi connectivity index (χ0) is 14.3. The van der Waals surface area contributed by atoms with Gasteiger partial charge < -0.3 is 5.32 Å². The van der Waals surface area contributed by atoms with E-state index < -0.39 is 0 Å². The lowest BCUT2D eigenvalue weighted by atomic mass is 9.77. The Morgan fingerprint density at radius 1 is 1.33 bits per heavy atom. The topological polar surface area (TPSA) is 55.1 Å². The van der Waals surface area contributed by atoms with Crippen molar-refractivity contribution in [1.29, 1.82) is 0 Å². The van der Waals surface area contributed by atoms with Crippen LogP contribution in [0.1, 0.15) is 68.6 Å². The highest BCUT2D eigenvalue weighted by atomic mass is 32.1. The van der Waals surface area contributed by atoms with Crippen LogP contribution in [0.4, 0.5) is 0 Å². The van der Waals surface area contributed by atoms with Gasteiger partial charge in [-0.1, -0.05) is 31.1 Å². The molecule has 0 spiro atoms. The first-order valence-electron chi connectivity index (χ1n) is 8.26. The number of rotatable bonds is 4. The van der Waals surface area contributed by atoms with Gasteiger partial charge in [0.1, 0.15) is 5.01 Å². The standard InChI is InChI=1S/C15H23N5S/c1-2-7-15(8-4-9-16-10-15)13-19-20-12(11-5-3-6-11)17-18-14(20)21-13/h11,16H,2-10H2,1H3. The van der Waals surface area contributed by atoms with Gasteiger partial charge in [-0.25, -0.2) is 0 Å². The molecular weight excluding hydrogens is 282 g/mol. The van der Waals surface area contributed by atoms with Crippen LogP contribution in [0.3, 0.4) is 0 Å². The van der Waals surface area contributed by atoms with Gasteiger partial charge in [-0.05, 0) is 38.6 Å². The fourth-order valence-electron chi connectivity index (χ4n) is 3.72. The third-order valence-electron chi connectivity index (χ3n) is 5.14. The summed E-state index contributed by atoms with van der Waals surface area (Å²) >= 11 is 1.75. The summed E-state index contributed by atoms with van der Waals surface area (Å²) in [5.74, 6) is 1.68. The van der Waals surface area contributed by atoms with Crippen LogP contribution in [0.5, 0.6) is 0 Å². The highest BCUT2D eigenvalue weighted by Gasteiger charge is 2.37. The number of hydrogen-bond acceptors (Lipinski definition) is 5. The zero-order valence-corrected chi connectivity index (χ0v) is 13.5. The molecule has 6 heteroatoms. The molecule has 2 aromatic heterocycles. The van der Waals surface area contributed by atoms with E-state index in [9.17, 15) is 0 Å². The van der Waals surface area contributed by atoms with E-state index in [0.29, 0.717) is 5.92 Å². The summed E-state index contributed by atoms with van der Waals surface area (Å²) in [5.41, 5.74) is 0.218. The van der Waals surface area contributed by atoms with Gasteiger partial charge in [0.25, 0.3) is 0 Å². The Bertz CT molecular complexity index is 616. The Balaban J connectivity index is 1.72. The Kier molecular flexibility index (Phi) is 3.46. The molecule has 1 unspecified atom stereocenters. The Hall–Kier alpha value is -1.01. The molecule has 1 atom stereocenters. The molecule has 0 bridgehead atoms. The van der Waals surface area contributed by atoms with Gasteiger partial charge in [-0.15, -0.1) is 10.2 Å². The van der Waals surface area contributed by atoms with Crippen LogP contribution >= 0.6 is 11.3 Å². The predicted octanol–water partition coefficient (Wildman–Crippen LogP) is 2.87. The molecule has 0 radical (unpaired) electrons. The van der Waals surface area contributed by atoms with E-state index in [4.69, 9.17) is 5.10 Å². The second kappa shape index (κ2) is 5.32. The van der Waals surface area contributed by atoms with Crippen LogP contribution in [0.25, 0.3) is 4.96 Å². The van der Waals surface area contributed by atoms with E-state index >= 15 is 0 Å². The molecule has 1 aliphatic heterocycles. The van der Waals surface area contributed by atoms with Crippen LogP contribution in [-0.2, 0) is 5.41 Å². The minimum Gasteiger partial charge on any atom is -0.316 e. The van der Waals surface area contributed by atoms with Gasteiger partial charge in [0.05, 0.1) is 0 Å². The van der Waals surface area contributed by atoms with Gasteiger partial charge in [-0.2, -0.15) is 9.61 Å². The van der Waals surface area contributed by atoms with Gasteiger partial charge in [0, 0.05) is 17.9 Å². The third kappa shape index (κ3) is 2.19. The average molecular weight is 305 g/mol. The van der Waals surface area contributed by atoms with Gasteiger partial charge >= 0.3 is 0 Å². The monoisotopic (exact) mass is 305 g/mol. The van der Waals surface area contributed by atoms with Crippen molar-refractivity contribution in [3.63, 3.8) is 0 Å². The second-order valence-corrected chi connectivity index (χ2v) is 7.55. The van der Waals surface area contributed by atoms with Crippen molar-refractivity contribution in [3.05, 3.63) is 10.8 Å². The van der Waals surface area contributed by atoms with Crippen molar-refractivity contribution < 1.29 is 0 Å². The number of aromatic nitrogens is 4. The highest BCUT2D eigenvalue weighted by molar-refractivity contribution is 7.16. The molecule has 1 saturated heterocycles. The van der Waals surface area contributed by atoms with Crippen LogP contribution in [0, 0.1) is 0 Å². The van der Waals surface area contributed by atoms with Gasteiger partial charge in [-0.3, -0.25) is 0 Å². The average Bonchev–Trinajstić information content (AvgIpc) is 3.01. The number of hydrogen-bond donors (Lipinski definition) is 1. The largest absolute Gasteiger partial charge is 0.316 e. The lowest BCUT2D eigenvalue weighted by Crippen LogP contribution is -2.43. The summed E-state index contributed by atoms with van der Waals surface area (Å²) in [6.07, 6.45) is 8.72. The fraction of sp³-hybridized carbons (Fsp3) is 0.800. The first-order valence-corrected chi connectivity index (χ1v) is 9.07. The summed E-state index contributed by atoms with van der Waals surface area (Å²) in [7, 11) is 0. The maximum absolute atomic E-state index is 4.96. The summed E-state index contributed by atoms with van der Waals surface area (Å²) in [4.78, 5) is 0.980. The zero-order valence-electron chi connectivity index (χ0n) is 12.6. The Morgan fingerprint density at radius 2 is 2.24 bits per heavy atom. The number of fused-ring (bicyclic) bond motifs is 1. The molecule has 1 saturated carbocycles. The first kappa shape index (κ1) is 13.6. The van der Waals surface area contributed by atoms with E-state index in [1.165, 1.54) is 50.0 Å². The maximum atomic E-state index is 4.96. The third-order valence-corrected chi connectivity index (χ3v) is 6.28. The summed E-state index contributed by atoms with van der Waals surface area (Å²) in [5, 5.41) is 18.6. The number of nitrogens with one attached hydrogen (secondary N) is 1. The summed E-state index contributed by atoms with van der Waals surface area (Å²) in [6.45, 7) is 4.48. The van der Waals surface area contributed by atoms with Crippen LogP contribution in [-0.4, -0.2) is 32.9 Å². The molecule has 2 aromatic rings. The van der Waals surface area contributed by atoms with E-state index in [1.807, 2.05) is 4.52 Å². The maximum Gasteiger partial charge on any atom is 0.234 e. The summed E-state index contributed by atoms with van der Waals surface area (Å²) < 4.78 is 2.04. The summed E-state index contributed by atoms with van der Waals surface area (Å²) in [6, 6.07) is 0. The Morgan fingerprint density at radius 3 is 2.90 bits per heavy atom. The lowest BCUT2D eigenvalue weighted by molar-refractivity contribution is 0.287. The molecule has 2 aliphatic rings. The highest BCUT2D eigenvalue weighted by Crippen LogP contribution is 2.40. The van der Waals surface area contributed by atoms with Gasteiger partial charge in [0.15, 0.2) is 5.82 Å². The fourth-order valence-corrected chi connectivity index (χ4v) is 4.81. The Labute approximate surface area is 129 Å². The van der Waals surface area contributed by atoms with E-state index in [0.717, 1.165) is 23.9 Å². The molecule has 0 amide bonds. The number of piperidine rings is 1. The van der Waals surface area contributed by atoms with Crippen molar-refractivity contribution in [1.82, 2.24) is 25.1 Å². The minimum absolute atomic E-state index is 0.218. The van der Waals surface area contributed by atoms with E-state index in [-0.39, 0.29) is 5.41 Å². The van der Waals surface area contributed by atoms with Crippen LogP contribution in [0.2, 0.25) is 0 Å². The molecule has 4 rings (SSSR count). The van der Waals surface area contributed by atoms with Crippen LogP contribution in [0.15, 0.2) is 0 Å². The van der Waals surface area contributed by atoms with E-state index in [2.05, 4.69) is 22.4 Å². The second-order valence-electron chi connectivity index (χ2n) is 6.60. The first-order chi connectivity index (χ1) is 10.3. The molecule has 1 aliphatic carbocycles. The van der Waals surface area contributed by atoms with Crippen molar-refractivity contribution in [2.75, 3.05) is 13.1 Å². The van der Waals surface area contributed by atoms with Crippen molar-refractivity contribution in [2.45, 2.75) is 63.2 Å². The van der Waals surface area contributed by atoms with Crippen LogP contribution < -0.4 is 5.32 Å². The van der Waals surface area contributed by atoms with Crippen molar-refractivity contribution in [3.8, 4) is 0 Å². The molecule has 5 nitrogen and oxygen atoms in total. The smallest absolute Gasteiger partial charge is 0.234 e. The number of nitrogens with zero attached hydrogens (tertiary/aromatic N) is 4. The van der Waals surface area contributed by atoms with E-state index in [1.54, 1.807) is 11.3 Å². The SMILES string of the molecule is CCCC1(c2nn3c(C4CCC4)nnc3s2)CCCNC1. The normalized spacial score (nSPS) is 27.1. The molecule has 114 valence electrons.